The van der Waals surface area contributed by atoms with Gasteiger partial charge in [0.15, 0.2) is 5.84 Å². The maximum absolute atomic E-state index is 8.70. The molecule has 1 unspecified atom stereocenters. The first kappa shape index (κ1) is 14.7. The third-order valence-corrected chi connectivity index (χ3v) is 3.97. The number of nitrogens with two attached hydrogens (primary N) is 1. The van der Waals surface area contributed by atoms with E-state index >= 15 is 0 Å². The van der Waals surface area contributed by atoms with Crippen LogP contribution in [-0.4, -0.2) is 42.2 Å². The first-order valence-corrected chi connectivity index (χ1v) is 7.03. The lowest BCUT2D eigenvalue weighted by atomic mass is 10.1. The molecule has 1 heterocycles. The molecule has 5 heteroatoms. The van der Waals surface area contributed by atoms with Gasteiger partial charge in [0.1, 0.15) is 5.75 Å². The molecule has 1 fully saturated rings. The van der Waals surface area contributed by atoms with E-state index in [4.69, 9.17) is 15.7 Å². The molecule has 0 saturated carbocycles. The molecule has 0 aromatic heterocycles. The smallest absolute Gasteiger partial charge is 0.170 e. The van der Waals surface area contributed by atoms with Gasteiger partial charge in [0, 0.05) is 11.6 Å². The summed E-state index contributed by atoms with van der Waals surface area (Å²) in [6.07, 6.45) is 3.60. The highest BCUT2D eigenvalue weighted by atomic mass is 16.5. The van der Waals surface area contributed by atoms with Gasteiger partial charge in [-0.3, -0.25) is 0 Å². The number of oxime groups is 1. The van der Waals surface area contributed by atoms with Crippen LogP contribution in [0.3, 0.4) is 0 Å². The van der Waals surface area contributed by atoms with Gasteiger partial charge >= 0.3 is 0 Å². The Bertz CT molecular complexity index is 488. The van der Waals surface area contributed by atoms with Crippen LogP contribution in [0.4, 0.5) is 0 Å². The zero-order chi connectivity index (χ0) is 14.5. The van der Waals surface area contributed by atoms with Crippen molar-refractivity contribution in [2.75, 3.05) is 20.2 Å². The van der Waals surface area contributed by atoms with E-state index in [2.05, 4.69) is 17.1 Å². The number of likely N-dealkylation sites (tertiary alicyclic amines) is 1. The van der Waals surface area contributed by atoms with E-state index in [0.29, 0.717) is 6.04 Å². The Morgan fingerprint density at radius 2 is 2.35 bits per heavy atom. The van der Waals surface area contributed by atoms with Crippen LogP contribution in [0.5, 0.6) is 5.75 Å². The number of benzene rings is 1. The Morgan fingerprint density at radius 1 is 1.55 bits per heavy atom. The molecular formula is C15H23N3O2. The maximum atomic E-state index is 8.70. The lowest BCUT2D eigenvalue weighted by molar-refractivity contribution is 0.233. The van der Waals surface area contributed by atoms with Gasteiger partial charge in [0.05, 0.1) is 6.61 Å². The average Bonchev–Trinajstić information content (AvgIpc) is 2.84. The van der Waals surface area contributed by atoms with E-state index < -0.39 is 0 Å². The minimum Gasteiger partial charge on any atom is -0.494 e. The summed E-state index contributed by atoms with van der Waals surface area (Å²) >= 11 is 0. The van der Waals surface area contributed by atoms with Crippen molar-refractivity contribution < 1.29 is 9.94 Å². The van der Waals surface area contributed by atoms with Crippen molar-refractivity contribution in [3.63, 3.8) is 0 Å². The maximum Gasteiger partial charge on any atom is 0.170 e. The molecule has 20 heavy (non-hydrogen) atoms. The van der Waals surface area contributed by atoms with Gasteiger partial charge in [-0.15, -0.1) is 0 Å². The summed E-state index contributed by atoms with van der Waals surface area (Å²) in [5.74, 6) is 0.958. The second kappa shape index (κ2) is 6.61. The Morgan fingerprint density at radius 3 is 2.95 bits per heavy atom. The summed E-state index contributed by atoms with van der Waals surface area (Å²) in [5, 5.41) is 11.7. The van der Waals surface area contributed by atoms with Crippen molar-refractivity contribution in [3.8, 4) is 5.75 Å². The van der Waals surface area contributed by atoms with E-state index in [1.807, 2.05) is 25.1 Å². The molecule has 1 atom stereocenters. The topological polar surface area (TPSA) is 71.1 Å². The fourth-order valence-corrected chi connectivity index (χ4v) is 2.72. The minimum atomic E-state index is 0.127. The SMILES string of the molecule is Cc1cc(OCCC2CCCN2C)ccc1/C(N)=N/O. The number of rotatable bonds is 5. The Kier molecular flexibility index (Phi) is 4.84. The second-order valence-corrected chi connectivity index (χ2v) is 5.38. The number of amidine groups is 1. The van der Waals surface area contributed by atoms with Crippen molar-refractivity contribution >= 4 is 5.84 Å². The van der Waals surface area contributed by atoms with E-state index in [1.165, 1.54) is 19.4 Å². The number of ether oxygens (including phenoxy) is 1. The lowest BCUT2D eigenvalue weighted by Crippen LogP contribution is -2.26. The summed E-state index contributed by atoms with van der Waals surface area (Å²) in [6.45, 7) is 3.83. The van der Waals surface area contributed by atoms with Crippen LogP contribution in [-0.2, 0) is 0 Å². The number of aryl methyl sites for hydroxylation is 1. The molecule has 0 amide bonds. The monoisotopic (exact) mass is 277 g/mol. The molecule has 1 saturated heterocycles. The Hall–Kier alpha value is -1.75. The molecule has 5 nitrogen and oxygen atoms in total. The number of nitrogens with zero attached hydrogens (tertiary/aromatic N) is 2. The first-order valence-electron chi connectivity index (χ1n) is 7.03. The highest BCUT2D eigenvalue weighted by molar-refractivity contribution is 5.98. The minimum absolute atomic E-state index is 0.127. The molecule has 0 aliphatic carbocycles. The highest BCUT2D eigenvalue weighted by Gasteiger charge is 2.20. The van der Waals surface area contributed by atoms with E-state index in [1.54, 1.807) is 0 Å². The highest BCUT2D eigenvalue weighted by Crippen LogP contribution is 2.20. The van der Waals surface area contributed by atoms with Crippen molar-refractivity contribution in [3.05, 3.63) is 29.3 Å². The third-order valence-electron chi connectivity index (χ3n) is 3.97. The second-order valence-electron chi connectivity index (χ2n) is 5.38. The largest absolute Gasteiger partial charge is 0.494 e. The van der Waals surface area contributed by atoms with Crippen molar-refractivity contribution in [1.29, 1.82) is 0 Å². The molecule has 2 rings (SSSR count). The van der Waals surface area contributed by atoms with Crippen molar-refractivity contribution in [2.45, 2.75) is 32.2 Å². The predicted molar refractivity (Wildman–Crippen MR) is 79.5 cm³/mol. The number of hydrogen-bond acceptors (Lipinski definition) is 4. The Balaban J connectivity index is 1.89. The fraction of sp³-hybridized carbons (Fsp3) is 0.533. The van der Waals surface area contributed by atoms with Crippen LogP contribution < -0.4 is 10.5 Å². The van der Waals surface area contributed by atoms with E-state index in [0.717, 1.165) is 29.9 Å². The summed E-state index contributed by atoms with van der Waals surface area (Å²) in [7, 11) is 2.17. The number of hydrogen-bond donors (Lipinski definition) is 2. The van der Waals surface area contributed by atoms with Crippen LogP contribution in [0, 0.1) is 6.92 Å². The molecule has 1 aromatic carbocycles. The average molecular weight is 277 g/mol. The van der Waals surface area contributed by atoms with Gasteiger partial charge in [-0.25, -0.2) is 0 Å². The zero-order valence-electron chi connectivity index (χ0n) is 12.2. The lowest BCUT2D eigenvalue weighted by Gasteiger charge is -2.19. The first-order chi connectivity index (χ1) is 9.61. The van der Waals surface area contributed by atoms with E-state index in [9.17, 15) is 0 Å². The molecule has 0 spiro atoms. The van der Waals surface area contributed by atoms with Crippen LogP contribution in [0.2, 0.25) is 0 Å². The third kappa shape index (κ3) is 3.42. The fourth-order valence-electron chi connectivity index (χ4n) is 2.72. The normalized spacial score (nSPS) is 20.3. The summed E-state index contributed by atoms with van der Waals surface area (Å²) in [4.78, 5) is 2.40. The van der Waals surface area contributed by atoms with Gasteiger partial charge in [-0.1, -0.05) is 5.16 Å². The summed E-state index contributed by atoms with van der Waals surface area (Å²) in [6, 6.07) is 6.25. The quantitative estimate of drug-likeness (QED) is 0.373. The molecule has 0 radical (unpaired) electrons. The van der Waals surface area contributed by atoms with Gasteiger partial charge in [-0.2, -0.15) is 0 Å². The molecule has 1 aliphatic rings. The zero-order valence-corrected chi connectivity index (χ0v) is 12.2. The predicted octanol–water partition coefficient (Wildman–Crippen LogP) is 1.95. The van der Waals surface area contributed by atoms with Gasteiger partial charge < -0.3 is 20.6 Å². The van der Waals surface area contributed by atoms with Crippen LogP contribution in [0.15, 0.2) is 23.4 Å². The van der Waals surface area contributed by atoms with Gasteiger partial charge in [-0.05, 0) is 63.5 Å². The van der Waals surface area contributed by atoms with Crippen LogP contribution >= 0.6 is 0 Å². The molecule has 3 N–H and O–H groups in total. The molecule has 1 aromatic rings. The molecular weight excluding hydrogens is 254 g/mol. The van der Waals surface area contributed by atoms with E-state index in [-0.39, 0.29) is 5.84 Å². The van der Waals surface area contributed by atoms with Gasteiger partial charge in [0.25, 0.3) is 0 Å². The molecule has 0 bridgehead atoms. The summed E-state index contributed by atoms with van der Waals surface area (Å²) in [5.41, 5.74) is 7.27. The molecule has 1 aliphatic heterocycles. The summed E-state index contributed by atoms with van der Waals surface area (Å²) < 4.78 is 5.80. The van der Waals surface area contributed by atoms with Crippen LogP contribution in [0.25, 0.3) is 0 Å². The van der Waals surface area contributed by atoms with Crippen molar-refractivity contribution in [1.82, 2.24) is 4.90 Å². The standard InChI is InChI=1S/C15H23N3O2/c1-11-10-13(5-6-14(11)15(16)17-19)20-9-7-12-4-3-8-18(12)2/h5-6,10,12,19H,3-4,7-9H2,1-2H3,(H2,16,17). The molecule has 110 valence electrons. The van der Waals surface area contributed by atoms with Crippen LogP contribution in [0.1, 0.15) is 30.4 Å². The van der Waals surface area contributed by atoms with Crippen molar-refractivity contribution in [2.24, 2.45) is 10.9 Å². The Labute approximate surface area is 120 Å². The van der Waals surface area contributed by atoms with Gasteiger partial charge in [0.2, 0.25) is 0 Å².